The van der Waals surface area contributed by atoms with Crippen LogP contribution >= 0.6 is 0 Å². The molecule has 0 aliphatic carbocycles. The van der Waals surface area contributed by atoms with Gasteiger partial charge in [0.25, 0.3) is 0 Å². The van der Waals surface area contributed by atoms with Crippen LogP contribution in [0.1, 0.15) is 35.9 Å². The Balaban J connectivity index is 2.47. The van der Waals surface area contributed by atoms with Crippen molar-refractivity contribution in [1.82, 2.24) is 0 Å². The first-order chi connectivity index (χ1) is 13.7. The number of hydrogen-bond donors (Lipinski definition) is 2. The second-order valence-corrected chi connectivity index (χ2v) is 8.60. The van der Waals surface area contributed by atoms with Crippen LogP contribution in [0.5, 0.6) is 11.5 Å². The van der Waals surface area contributed by atoms with E-state index in [0.717, 1.165) is 7.11 Å². The van der Waals surface area contributed by atoms with Gasteiger partial charge in [0.15, 0.2) is 5.75 Å². The highest BCUT2D eigenvalue weighted by Crippen LogP contribution is 2.50. The predicted octanol–water partition coefficient (Wildman–Crippen LogP) is 2.42. The van der Waals surface area contributed by atoms with Gasteiger partial charge in [-0.05, 0) is 13.8 Å². The van der Waals surface area contributed by atoms with Gasteiger partial charge in [-0.3, -0.25) is 0 Å². The van der Waals surface area contributed by atoms with E-state index in [1.54, 1.807) is 0 Å². The Morgan fingerprint density at radius 3 is 2.27 bits per heavy atom. The normalized spacial score (nSPS) is 20.9. The fourth-order valence-corrected chi connectivity index (χ4v) is 3.68. The van der Waals surface area contributed by atoms with Crippen molar-refractivity contribution in [2.24, 2.45) is 0 Å². The number of carbonyl (C=O) groups excluding carboxylic acids is 1. The minimum Gasteiger partial charge on any atom is -0.484 e. The molecule has 0 unspecified atom stereocenters. The van der Waals surface area contributed by atoms with Crippen LogP contribution in [-0.4, -0.2) is 48.9 Å². The van der Waals surface area contributed by atoms with Crippen molar-refractivity contribution in [2.75, 3.05) is 7.11 Å². The summed E-state index contributed by atoms with van der Waals surface area (Å²) in [6.07, 6.45) is -3.43. The molecule has 2 aromatic rings. The molecule has 30 heavy (non-hydrogen) atoms. The topological polar surface area (TPSA) is 119 Å². The number of ether oxygens (including phenoxy) is 2. The number of rotatable bonds is 3. The fraction of sp³-hybridized carbons (Fsp3) is 0.389. The van der Waals surface area contributed by atoms with Crippen LogP contribution < -0.4 is 8.92 Å². The molecule has 0 fully saturated rings. The molecule has 164 valence electrons. The number of esters is 1. The van der Waals surface area contributed by atoms with Gasteiger partial charge in [0, 0.05) is 16.3 Å². The molecule has 1 aliphatic rings. The summed E-state index contributed by atoms with van der Waals surface area (Å²) in [6, 6.07) is 5.46. The zero-order chi connectivity index (χ0) is 22.6. The summed E-state index contributed by atoms with van der Waals surface area (Å²) in [6.45, 7) is 2.91. The number of carbonyl (C=O) groups is 1. The minimum absolute atomic E-state index is 0.0616. The van der Waals surface area contributed by atoms with Crippen LogP contribution in [0.15, 0.2) is 24.3 Å². The van der Waals surface area contributed by atoms with E-state index >= 15 is 0 Å². The van der Waals surface area contributed by atoms with E-state index in [1.807, 2.05) is 0 Å². The highest BCUT2D eigenvalue weighted by molar-refractivity contribution is 7.88. The van der Waals surface area contributed by atoms with E-state index in [9.17, 15) is 36.6 Å². The van der Waals surface area contributed by atoms with Crippen molar-refractivity contribution in [3.8, 4) is 11.5 Å². The van der Waals surface area contributed by atoms with Crippen LogP contribution in [-0.2, 0) is 14.9 Å². The monoisotopic (exact) mass is 450 g/mol. The highest BCUT2D eigenvalue weighted by atomic mass is 32.2. The van der Waals surface area contributed by atoms with E-state index in [-0.39, 0.29) is 16.5 Å². The Kier molecular flexibility index (Phi) is 5.16. The van der Waals surface area contributed by atoms with E-state index < -0.39 is 56.3 Å². The molecule has 0 saturated heterocycles. The first kappa shape index (κ1) is 22.1. The number of benzene rings is 2. The lowest BCUT2D eigenvalue weighted by molar-refractivity contribution is -0.111. The quantitative estimate of drug-likeness (QED) is 0.416. The standard InChI is InChI=1S/C18H17F3O8S/c1-17(2)15(23)12(22)10-11(16(24)27-3)14(29-30(25,26)18(19,20)21)9-7-5-4-6-8(9)13(10)28-17/h4-7,12,15,22-23H,1-3H3/t12-,15+/m1/s1. The van der Waals surface area contributed by atoms with Crippen LogP contribution in [0.4, 0.5) is 13.2 Å². The molecule has 1 aliphatic heterocycles. The number of aliphatic hydroxyl groups is 2. The maximum atomic E-state index is 13.0. The van der Waals surface area contributed by atoms with Crippen molar-refractivity contribution in [3.05, 3.63) is 35.4 Å². The molecule has 0 spiro atoms. The minimum atomic E-state index is -6.18. The summed E-state index contributed by atoms with van der Waals surface area (Å²) in [7, 11) is -5.27. The number of methoxy groups -OCH3 is 1. The van der Waals surface area contributed by atoms with Gasteiger partial charge in [-0.2, -0.15) is 21.6 Å². The van der Waals surface area contributed by atoms with E-state index in [1.165, 1.54) is 38.1 Å². The number of aliphatic hydroxyl groups excluding tert-OH is 2. The largest absolute Gasteiger partial charge is 0.534 e. The van der Waals surface area contributed by atoms with Gasteiger partial charge < -0.3 is 23.9 Å². The predicted molar refractivity (Wildman–Crippen MR) is 96.6 cm³/mol. The van der Waals surface area contributed by atoms with Gasteiger partial charge >= 0.3 is 21.6 Å². The second kappa shape index (κ2) is 7.00. The van der Waals surface area contributed by atoms with Crippen LogP contribution in [0.2, 0.25) is 0 Å². The third kappa shape index (κ3) is 3.34. The average Bonchev–Trinajstić information content (AvgIpc) is 2.65. The molecule has 12 heteroatoms. The van der Waals surface area contributed by atoms with E-state index in [4.69, 9.17) is 4.74 Å². The van der Waals surface area contributed by atoms with E-state index in [0.29, 0.717) is 0 Å². The third-order valence-electron chi connectivity index (χ3n) is 4.70. The lowest BCUT2D eigenvalue weighted by Crippen LogP contribution is -2.49. The zero-order valence-corrected chi connectivity index (χ0v) is 16.7. The molecule has 1 heterocycles. The second-order valence-electron chi connectivity index (χ2n) is 7.06. The van der Waals surface area contributed by atoms with Crippen molar-refractivity contribution in [2.45, 2.75) is 37.2 Å². The van der Waals surface area contributed by atoms with Crippen LogP contribution in [0.25, 0.3) is 10.8 Å². The van der Waals surface area contributed by atoms with Gasteiger partial charge in [0.2, 0.25) is 0 Å². The Morgan fingerprint density at radius 1 is 1.17 bits per heavy atom. The summed E-state index contributed by atoms with van der Waals surface area (Å²) >= 11 is 0. The highest BCUT2D eigenvalue weighted by Gasteiger charge is 2.51. The van der Waals surface area contributed by atoms with Crippen LogP contribution in [0.3, 0.4) is 0 Å². The number of fused-ring (bicyclic) bond motifs is 3. The van der Waals surface area contributed by atoms with Gasteiger partial charge in [0.05, 0.1) is 7.11 Å². The lowest BCUT2D eigenvalue weighted by atomic mass is 9.84. The molecule has 2 atom stereocenters. The number of halogens is 3. The lowest BCUT2D eigenvalue weighted by Gasteiger charge is -2.41. The molecular formula is C18H17F3O8S. The molecule has 0 saturated carbocycles. The summed E-state index contributed by atoms with van der Waals surface area (Å²) < 4.78 is 77.0. The number of hydrogen-bond acceptors (Lipinski definition) is 8. The smallest absolute Gasteiger partial charge is 0.484 e. The van der Waals surface area contributed by atoms with E-state index in [2.05, 4.69) is 8.92 Å². The Labute approximate surface area is 168 Å². The van der Waals surface area contributed by atoms with Crippen molar-refractivity contribution in [1.29, 1.82) is 0 Å². The fourth-order valence-electron chi connectivity index (χ4n) is 3.20. The maximum absolute atomic E-state index is 13.0. The van der Waals surface area contributed by atoms with Gasteiger partial charge in [0.1, 0.15) is 29.1 Å². The SMILES string of the molecule is COC(=O)c1c2c(c3ccccc3c1OS(=O)(=O)C(F)(F)F)OC(C)(C)[C@@H](O)[C@@H]2O. The maximum Gasteiger partial charge on any atom is 0.534 e. The summed E-state index contributed by atoms with van der Waals surface area (Å²) in [5.74, 6) is -2.41. The van der Waals surface area contributed by atoms with Gasteiger partial charge in [-0.1, -0.05) is 24.3 Å². The van der Waals surface area contributed by atoms with Crippen molar-refractivity contribution in [3.63, 3.8) is 0 Å². The molecule has 8 nitrogen and oxygen atoms in total. The average molecular weight is 450 g/mol. The summed E-state index contributed by atoms with van der Waals surface area (Å²) in [5, 5.41) is 20.9. The molecule has 2 aromatic carbocycles. The molecule has 0 amide bonds. The Morgan fingerprint density at radius 2 is 1.73 bits per heavy atom. The Hall–Kier alpha value is -2.57. The Bertz CT molecular complexity index is 1120. The van der Waals surface area contributed by atoms with Crippen molar-refractivity contribution >= 4 is 26.9 Å². The van der Waals surface area contributed by atoms with Gasteiger partial charge in [-0.15, -0.1) is 0 Å². The third-order valence-corrected chi connectivity index (χ3v) is 5.65. The molecule has 3 rings (SSSR count). The van der Waals surface area contributed by atoms with Gasteiger partial charge in [-0.25, -0.2) is 4.79 Å². The number of alkyl halides is 3. The first-order valence-corrected chi connectivity index (χ1v) is 9.86. The van der Waals surface area contributed by atoms with Crippen molar-refractivity contribution < 1.29 is 50.3 Å². The summed E-state index contributed by atoms with van der Waals surface area (Å²) in [5.41, 5.74) is -8.38. The summed E-state index contributed by atoms with van der Waals surface area (Å²) in [4.78, 5) is 12.5. The molecule has 2 N–H and O–H groups in total. The zero-order valence-electron chi connectivity index (χ0n) is 15.9. The molecule has 0 radical (unpaired) electrons. The molecular weight excluding hydrogens is 433 g/mol. The first-order valence-electron chi connectivity index (χ1n) is 8.45. The van der Waals surface area contributed by atoms with Crippen LogP contribution in [0, 0.1) is 0 Å². The molecule has 0 bridgehead atoms. The molecule has 0 aromatic heterocycles.